The van der Waals surface area contributed by atoms with Gasteiger partial charge in [0.15, 0.2) is 5.82 Å². The predicted molar refractivity (Wildman–Crippen MR) is 33.8 cm³/mol. The fraction of sp³-hybridized carbons (Fsp3) is 0.333. The van der Waals surface area contributed by atoms with Crippen LogP contribution in [0.2, 0.25) is 0 Å². The second kappa shape index (κ2) is 2.12. The summed E-state index contributed by atoms with van der Waals surface area (Å²) in [6, 6.07) is 1.71. The summed E-state index contributed by atoms with van der Waals surface area (Å²) in [6.45, 7) is 1.38. The highest BCUT2D eigenvalue weighted by atomic mass is 16.3. The van der Waals surface area contributed by atoms with E-state index in [0.717, 1.165) is 0 Å². The molecule has 0 fully saturated rings. The fourth-order valence-corrected chi connectivity index (χ4v) is 0.584. The lowest BCUT2D eigenvalue weighted by Crippen LogP contribution is -2.19. The van der Waals surface area contributed by atoms with Crippen molar-refractivity contribution in [3.05, 3.63) is 18.2 Å². The van der Waals surface area contributed by atoms with E-state index in [0.29, 0.717) is 0 Å². The van der Waals surface area contributed by atoms with Crippen LogP contribution in [-0.4, -0.2) is 15.1 Å². The molecule has 0 aromatic carbocycles. The Morgan fingerprint density at radius 2 is 2.60 bits per heavy atom. The maximum atomic E-state index is 9.23. The van der Waals surface area contributed by atoms with Gasteiger partial charge < -0.3 is 10.1 Å². The first-order valence-electron chi connectivity index (χ1n) is 2.80. The Hall–Kier alpha value is -1.34. The van der Waals surface area contributed by atoms with E-state index in [-0.39, 0.29) is 5.82 Å². The Balaban J connectivity index is 2.99. The van der Waals surface area contributed by atoms with Gasteiger partial charge in [0.2, 0.25) is 5.60 Å². The number of imidazole rings is 1. The van der Waals surface area contributed by atoms with Gasteiger partial charge in [-0.05, 0) is 6.92 Å². The molecule has 1 unspecified atom stereocenters. The minimum Gasteiger partial charge on any atom is -0.369 e. The second-order valence-electron chi connectivity index (χ2n) is 2.12. The van der Waals surface area contributed by atoms with E-state index in [1.165, 1.54) is 13.1 Å². The SMILES string of the molecule is CC(O)(C#N)c1ncc[nH]1. The molecule has 0 amide bonds. The van der Waals surface area contributed by atoms with E-state index < -0.39 is 5.60 Å². The first-order chi connectivity index (χ1) is 4.67. The average molecular weight is 137 g/mol. The molecule has 4 heteroatoms. The summed E-state index contributed by atoms with van der Waals surface area (Å²) in [6.07, 6.45) is 3.04. The molecular weight excluding hydrogens is 130 g/mol. The van der Waals surface area contributed by atoms with Crippen LogP contribution in [0.4, 0.5) is 0 Å². The maximum absolute atomic E-state index is 9.23. The topological polar surface area (TPSA) is 72.7 Å². The van der Waals surface area contributed by atoms with E-state index in [2.05, 4.69) is 9.97 Å². The van der Waals surface area contributed by atoms with Gasteiger partial charge in [0.1, 0.15) is 6.07 Å². The first kappa shape index (κ1) is 6.78. The van der Waals surface area contributed by atoms with Crippen LogP contribution in [-0.2, 0) is 5.60 Å². The molecule has 4 nitrogen and oxygen atoms in total. The summed E-state index contributed by atoms with van der Waals surface area (Å²) < 4.78 is 0. The molecule has 1 heterocycles. The third kappa shape index (κ3) is 0.993. The highest BCUT2D eigenvalue weighted by Crippen LogP contribution is 2.13. The van der Waals surface area contributed by atoms with Crippen LogP contribution >= 0.6 is 0 Å². The lowest BCUT2D eigenvalue weighted by Gasteiger charge is -2.08. The van der Waals surface area contributed by atoms with Crippen molar-refractivity contribution in [1.82, 2.24) is 9.97 Å². The molecule has 0 saturated heterocycles. The number of hydrogen-bond donors (Lipinski definition) is 2. The molecule has 0 aliphatic rings. The van der Waals surface area contributed by atoms with Gasteiger partial charge in [-0.3, -0.25) is 0 Å². The highest BCUT2D eigenvalue weighted by Gasteiger charge is 2.24. The Bertz CT molecular complexity index is 244. The number of nitriles is 1. The number of aromatic nitrogens is 2. The predicted octanol–water partition coefficient (Wildman–Crippen LogP) is 0.141. The van der Waals surface area contributed by atoms with Crippen molar-refractivity contribution >= 4 is 0 Å². The van der Waals surface area contributed by atoms with E-state index in [1.807, 2.05) is 0 Å². The quantitative estimate of drug-likeness (QED) is 0.541. The summed E-state index contributed by atoms with van der Waals surface area (Å²) in [7, 11) is 0. The van der Waals surface area contributed by atoms with Gasteiger partial charge in [-0.2, -0.15) is 5.26 Å². The molecule has 1 atom stereocenters. The molecular formula is C6H7N3O. The molecule has 52 valence electrons. The van der Waals surface area contributed by atoms with Gasteiger partial charge >= 0.3 is 0 Å². The molecule has 0 spiro atoms. The molecule has 0 bridgehead atoms. The van der Waals surface area contributed by atoms with Gasteiger partial charge in [0, 0.05) is 12.4 Å². The van der Waals surface area contributed by atoms with Crippen molar-refractivity contribution in [2.45, 2.75) is 12.5 Å². The molecule has 0 saturated carbocycles. The average Bonchev–Trinajstić information content (AvgIpc) is 2.38. The van der Waals surface area contributed by atoms with Crippen LogP contribution in [0.3, 0.4) is 0 Å². The molecule has 0 aliphatic carbocycles. The third-order valence-corrected chi connectivity index (χ3v) is 1.18. The number of nitrogens with one attached hydrogen (secondary N) is 1. The summed E-state index contributed by atoms with van der Waals surface area (Å²) in [5.41, 5.74) is -1.50. The lowest BCUT2D eigenvalue weighted by atomic mass is 10.1. The van der Waals surface area contributed by atoms with Crippen molar-refractivity contribution in [2.24, 2.45) is 0 Å². The van der Waals surface area contributed by atoms with Crippen LogP contribution in [0.5, 0.6) is 0 Å². The van der Waals surface area contributed by atoms with Gasteiger partial charge in [-0.25, -0.2) is 4.98 Å². The van der Waals surface area contributed by atoms with Crippen molar-refractivity contribution in [3.8, 4) is 6.07 Å². The van der Waals surface area contributed by atoms with E-state index in [1.54, 1.807) is 12.3 Å². The Morgan fingerprint density at radius 1 is 1.90 bits per heavy atom. The van der Waals surface area contributed by atoms with Crippen molar-refractivity contribution in [2.75, 3.05) is 0 Å². The van der Waals surface area contributed by atoms with Gasteiger partial charge in [0.25, 0.3) is 0 Å². The molecule has 1 rings (SSSR count). The first-order valence-corrected chi connectivity index (χ1v) is 2.80. The normalized spacial score (nSPS) is 15.7. The van der Waals surface area contributed by atoms with Gasteiger partial charge in [-0.1, -0.05) is 0 Å². The van der Waals surface area contributed by atoms with Gasteiger partial charge in [0.05, 0.1) is 0 Å². The van der Waals surface area contributed by atoms with Crippen molar-refractivity contribution < 1.29 is 5.11 Å². The number of rotatable bonds is 1. The molecule has 0 radical (unpaired) electrons. The van der Waals surface area contributed by atoms with Crippen LogP contribution in [0.1, 0.15) is 12.7 Å². The number of H-pyrrole nitrogens is 1. The minimum atomic E-state index is -1.50. The van der Waals surface area contributed by atoms with Crippen molar-refractivity contribution in [1.29, 1.82) is 5.26 Å². The second-order valence-corrected chi connectivity index (χ2v) is 2.12. The van der Waals surface area contributed by atoms with Crippen LogP contribution in [0.15, 0.2) is 12.4 Å². The summed E-state index contributed by atoms with van der Waals surface area (Å²) in [5.74, 6) is 0.273. The summed E-state index contributed by atoms with van der Waals surface area (Å²) >= 11 is 0. The fourth-order valence-electron chi connectivity index (χ4n) is 0.584. The third-order valence-electron chi connectivity index (χ3n) is 1.18. The number of aromatic amines is 1. The smallest absolute Gasteiger partial charge is 0.206 e. The zero-order valence-electron chi connectivity index (χ0n) is 5.50. The Kier molecular flexibility index (Phi) is 1.44. The highest BCUT2D eigenvalue weighted by molar-refractivity contribution is 5.11. The zero-order chi connectivity index (χ0) is 7.61. The van der Waals surface area contributed by atoms with Crippen molar-refractivity contribution in [3.63, 3.8) is 0 Å². The van der Waals surface area contributed by atoms with Gasteiger partial charge in [-0.15, -0.1) is 0 Å². The summed E-state index contributed by atoms with van der Waals surface area (Å²) in [4.78, 5) is 6.38. The molecule has 10 heavy (non-hydrogen) atoms. The van der Waals surface area contributed by atoms with E-state index >= 15 is 0 Å². The number of aliphatic hydroxyl groups is 1. The van der Waals surface area contributed by atoms with Crippen LogP contribution < -0.4 is 0 Å². The minimum absolute atomic E-state index is 0.273. The van der Waals surface area contributed by atoms with E-state index in [9.17, 15) is 5.11 Å². The number of nitrogens with zero attached hydrogens (tertiary/aromatic N) is 2. The molecule has 1 aromatic rings. The van der Waals surface area contributed by atoms with Crippen LogP contribution in [0.25, 0.3) is 0 Å². The monoisotopic (exact) mass is 137 g/mol. The molecule has 2 N–H and O–H groups in total. The number of hydrogen-bond acceptors (Lipinski definition) is 3. The molecule has 1 aromatic heterocycles. The maximum Gasteiger partial charge on any atom is 0.206 e. The standard InChI is InChI=1S/C6H7N3O/c1-6(10,4-7)5-8-2-3-9-5/h2-3,10H,1H3,(H,8,9). The van der Waals surface area contributed by atoms with E-state index in [4.69, 9.17) is 5.26 Å². The van der Waals surface area contributed by atoms with Crippen LogP contribution in [0, 0.1) is 11.3 Å². The lowest BCUT2D eigenvalue weighted by molar-refractivity contribution is 0.110. The molecule has 0 aliphatic heterocycles. The zero-order valence-corrected chi connectivity index (χ0v) is 5.50. The Morgan fingerprint density at radius 3 is 3.00 bits per heavy atom. The largest absolute Gasteiger partial charge is 0.369 e. The Labute approximate surface area is 58.1 Å². The summed E-state index contributed by atoms with van der Waals surface area (Å²) in [5, 5.41) is 17.6.